The summed E-state index contributed by atoms with van der Waals surface area (Å²) in [5.41, 5.74) is 4.55. The lowest BCUT2D eigenvalue weighted by molar-refractivity contribution is -0.140. The zero-order valence-electron chi connectivity index (χ0n) is 10.1. The molecule has 0 radical (unpaired) electrons. The summed E-state index contributed by atoms with van der Waals surface area (Å²) < 4.78 is 56.1. The third kappa shape index (κ3) is 3.24. The van der Waals surface area contributed by atoms with Gasteiger partial charge in [-0.15, -0.1) is 0 Å². The number of benzene rings is 1. The second-order valence-electron chi connectivity index (χ2n) is 3.93. The minimum Gasteiger partial charge on any atom is -0.457 e. The van der Waals surface area contributed by atoms with Crippen LogP contribution < -0.4 is 10.5 Å². The monoisotopic (exact) mass is 286 g/mol. The predicted molar refractivity (Wildman–Crippen MR) is 63.6 cm³/mol. The lowest BCUT2D eigenvalue weighted by atomic mass is 10.2. The van der Waals surface area contributed by atoms with Crippen molar-refractivity contribution < 1.29 is 22.3 Å². The molecular weight excluding hydrogens is 276 g/mol. The molecule has 0 atom stereocenters. The number of aromatic nitrogens is 1. The quantitative estimate of drug-likeness (QED) is 0.879. The normalized spacial score (nSPS) is 11.4. The molecule has 0 unspecified atom stereocenters. The van der Waals surface area contributed by atoms with Gasteiger partial charge in [0, 0.05) is 18.8 Å². The first-order valence-electron chi connectivity index (χ1n) is 5.60. The fourth-order valence-electron chi connectivity index (χ4n) is 1.55. The Labute approximate surface area is 112 Å². The van der Waals surface area contributed by atoms with E-state index in [-0.39, 0.29) is 18.0 Å². The van der Waals surface area contributed by atoms with Crippen molar-refractivity contribution in [3.8, 4) is 11.5 Å². The molecule has 0 aliphatic rings. The van der Waals surface area contributed by atoms with Gasteiger partial charge in [0.25, 0.3) is 0 Å². The van der Waals surface area contributed by atoms with Gasteiger partial charge in [0.15, 0.2) is 0 Å². The number of rotatable bonds is 3. The molecule has 0 aliphatic heterocycles. The standard InChI is InChI=1S/C13H10F4N2O/c14-12-2-1-9(6-11(12)13(15,16)17)20-10-3-4-19-8(5-10)7-18/h1-6H,7,18H2. The van der Waals surface area contributed by atoms with E-state index in [1.54, 1.807) is 0 Å². The Balaban J connectivity index is 2.30. The molecule has 2 aromatic rings. The molecule has 0 aliphatic carbocycles. The second-order valence-corrected chi connectivity index (χ2v) is 3.93. The summed E-state index contributed by atoms with van der Waals surface area (Å²) >= 11 is 0. The van der Waals surface area contributed by atoms with Crippen molar-refractivity contribution >= 4 is 0 Å². The summed E-state index contributed by atoms with van der Waals surface area (Å²) in [6, 6.07) is 5.40. The smallest absolute Gasteiger partial charge is 0.419 e. The number of hydrogen-bond acceptors (Lipinski definition) is 3. The lowest BCUT2D eigenvalue weighted by Gasteiger charge is -2.11. The maximum atomic E-state index is 13.1. The van der Waals surface area contributed by atoms with Gasteiger partial charge in [0.1, 0.15) is 17.3 Å². The Kier molecular flexibility index (Phi) is 3.89. The number of hydrogen-bond donors (Lipinski definition) is 1. The van der Waals surface area contributed by atoms with Gasteiger partial charge in [0.2, 0.25) is 0 Å². The largest absolute Gasteiger partial charge is 0.457 e. The Morgan fingerprint density at radius 1 is 1.10 bits per heavy atom. The first-order chi connectivity index (χ1) is 9.40. The Morgan fingerprint density at radius 3 is 2.45 bits per heavy atom. The van der Waals surface area contributed by atoms with Gasteiger partial charge in [0.05, 0.1) is 11.3 Å². The first kappa shape index (κ1) is 14.3. The van der Waals surface area contributed by atoms with Gasteiger partial charge < -0.3 is 10.5 Å². The molecule has 0 amide bonds. The SMILES string of the molecule is NCc1cc(Oc2ccc(F)c(C(F)(F)F)c2)ccn1. The van der Waals surface area contributed by atoms with E-state index in [9.17, 15) is 17.6 Å². The van der Waals surface area contributed by atoms with Crippen molar-refractivity contribution in [2.24, 2.45) is 5.73 Å². The van der Waals surface area contributed by atoms with Crippen LogP contribution in [0.25, 0.3) is 0 Å². The zero-order chi connectivity index (χ0) is 14.8. The average molecular weight is 286 g/mol. The summed E-state index contributed by atoms with van der Waals surface area (Å²) in [7, 11) is 0. The first-order valence-corrected chi connectivity index (χ1v) is 5.60. The maximum Gasteiger partial charge on any atom is 0.419 e. The molecular formula is C13H10F4N2O. The number of pyridine rings is 1. The van der Waals surface area contributed by atoms with Crippen LogP contribution in [-0.2, 0) is 12.7 Å². The third-order valence-corrected chi connectivity index (χ3v) is 2.48. The van der Waals surface area contributed by atoms with Crippen LogP contribution in [0.2, 0.25) is 0 Å². The fourth-order valence-corrected chi connectivity index (χ4v) is 1.55. The van der Waals surface area contributed by atoms with E-state index in [2.05, 4.69) is 4.98 Å². The molecule has 106 valence electrons. The third-order valence-electron chi connectivity index (χ3n) is 2.48. The van der Waals surface area contributed by atoms with Crippen LogP contribution in [0, 0.1) is 5.82 Å². The van der Waals surface area contributed by atoms with Crippen LogP contribution in [-0.4, -0.2) is 4.98 Å². The van der Waals surface area contributed by atoms with Crippen LogP contribution in [0.4, 0.5) is 17.6 Å². The molecule has 1 heterocycles. The van der Waals surface area contributed by atoms with Crippen molar-refractivity contribution in [1.29, 1.82) is 0 Å². The van der Waals surface area contributed by atoms with Crippen molar-refractivity contribution in [3.63, 3.8) is 0 Å². The van der Waals surface area contributed by atoms with Gasteiger partial charge in [-0.05, 0) is 24.3 Å². The van der Waals surface area contributed by atoms with Crippen LogP contribution in [0.15, 0.2) is 36.5 Å². The molecule has 0 saturated heterocycles. The summed E-state index contributed by atoms with van der Waals surface area (Å²) in [6.45, 7) is 0.175. The van der Waals surface area contributed by atoms with Gasteiger partial charge in [-0.25, -0.2) is 4.39 Å². The topological polar surface area (TPSA) is 48.1 Å². The predicted octanol–water partition coefficient (Wildman–Crippen LogP) is 3.49. The minimum absolute atomic E-state index is 0.118. The van der Waals surface area contributed by atoms with E-state index in [0.29, 0.717) is 17.8 Å². The van der Waals surface area contributed by atoms with Crippen molar-refractivity contribution in [2.45, 2.75) is 12.7 Å². The zero-order valence-corrected chi connectivity index (χ0v) is 10.1. The highest BCUT2D eigenvalue weighted by atomic mass is 19.4. The summed E-state index contributed by atoms with van der Waals surface area (Å²) in [5.74, 6) is -1.18. The number of halogens is 4. The Hall–Kier alpha value is -2.15. The number of ether oxygens (including phenoxy) is 1. The van der Waals surface area contributed by atoms with E-state index in [1.807, 2.05) is 0 Å². The summed E-state index contributed by atoms with van der Waals surface area (Å²) in [4.78, 5) is 3.93. The highest BCUT2D eigenvalue weighted by Crippen LogP contribution is 2.34. The molecule has 7 heteroatoms. The number of alkyl halides is 3. The summed E-state index contributed by atoms with van der Waals surface area (Å²) in [6.07, 6.45) is -3.35. The van der Waals surface area contributed by atoms with Crippen molar-refractivity contribution in [1.82, 2.24) is 4.98 Å². The number of nitrogens with zero attached hydrogens (tertiary/aromatic N) is 1. The lowest BCUT2D eigenvalue weighted by Crippen LogP contribution is -2.08. The molecule has 3 nitrogen and oxygen atoms in total. The molecule has 0 bridgehead atoms. The van der Waals surface area contributed by atoms with Crippen LogP contribution in [0.3, 0.4) is 0 Å². The minimum atomic E-state index is -4.77. The molecule has 0 saturated carbocycles. The van der Waals surface area contributed by atoms with E-state index >= 15 is 0 Å². The van der Waals surface area contributed by atoms with Crippen LogP contribution in [0.5, 0.6) is 11.5 Å². The van der Waals surface area contributed by atoms with Gasteiger partial charge >= 0.3 is 6.18 Å². The maximum absolute atomic E-state index is 13.1. The van der Waals surface area contributed by atoms with Gasteiger partial charge in [-0.3, -0.25) is 4.98 Å². The van der Waals surface area contributed by atoms with E-state index < -0.39 is 17.6 Å². The van der Waals surface area contributed by atoms with E-state index in [0.717, 1.165) is 6.07 Å². The molecule has 0 spiro atoms. The molecule has 1 aromatic carbocycles. The Bertz CT molecular complexity index is 614. The molecule has 2 N–H and O–H groups in total. The number of nitrogens with two attached hydrogens (primary N) is 1. The molecule has 0 fully saturated rings. The van der Waals surface area contributed by atoms with Gasteiger partial charge in [-0.2, -0.15) is 13.2 Å². The highest BCUT2D eigenvalue weighted by molar-refractivity contribution is 5.36. The van der Waals surface area contributed by atoms with Crippen molar-refractivity contribution in [2.75, 3.05) is 0 Å². The molecule has 20 heavy (non-hydrogen) atoms. The highest BCUT2D eigenvalue weighted by Gasteiger charge is 2.34. The van der Waals surface area contributed by atoms with E-state index in [1.165, 1.54) is 18.3 Å². The summed E-state index contributed by atoms with van der Waals surface area (Å²) in [5, 5.41) is 0. The average Bonchev–Trinajstić information content (AvgIpc) is 2.40. The van der Waals surface area contributed by atoms with Crippen LogP contribution >= 0.6 is 0 Å². The molecule has 1 aromatic heterocycles. The molecule has 2 rings (SSSR count). The van der Waals surface area contributed by atoms with Crippen molar-refractivity contribution in [3.05, 3.63) is 53.6 Å². The van der Waals surface area contributed by atoms with E-state index in [4.69, 9.17) is 10.5 Å². The van der Waals surface area contributed by atoms with Crippen LogP contribution in [0.1, 0.15) is 11.3 Å². The fraction of sp³-hybridized carbons (Fsp3) is 0.154. The second kappa shape index (κ2) is 5.46. The van der Waals surface area contributed by atoms with Gasteiger partial charge in [-0.1, -0.05) is 0 Å². The Morgan fingerprint density at radius 2 is 1.80 bits per heavy atom.